The molecule has 37 heavy (non-hydrogen) atoms. The van der Waals surface area contributed by atoms with Crippen LogP contribution in [0.4, 0.5) is 0 Å². The molecule has 14 heteroatoms. The highest BCUT2D eigenvalue weighted by Gasteiger charge is 2.30. The van der Waals surface area contributed by atoms with Gasteiger partial charge in [0.05, 0.1) is 6.04 Å². The van der Waals surface area contributed by atoms with Crippen molar-refractivity contribution in [1.82, 2.24) is 16.0 Å². The second-order valence-corrected chi connectivity index (χ2v) is 10.3. The number of carbonyl (C=O) groups is 4. The first-order valence-corrected chi connectivity index (χ1v) is 14.0. The van der Waals surface area contributed by atoms with Crippen molar-refractivity contribution in [3.8, 4) is 0 Å². The minimum Gasteiger partial charge on any atom is -0.480 e. The van der Waals surface area contributed by atoms with Crippen molar-refractivity contribution in [2.24, 2.45) is 33.8 Å². The molecule has 0 rings (SSSR count). The summed E-state index contributed by atoms with van der Waals surface area (Å²) < 4.78 is 0. The van der Waals surface area contributed by atoms with Gasteiger partial charge in [-0.25, -0.2) is 4.79 Å². The molecule has 12 N–H and O–H groups in total. The number of carboxylic acids is 1. The maximum Gasteiger partial charge on any atom is 0.326 e. The van der Waals surface area contributed by atoms with Crippen molar-refractivity contribution < 1.29 is 24.3 Å². The third-order valence-electron chi connectivity index (χ3n) is 5.45. The van der Waals surface area contributed by atoms with Gasteiger partial charge < -0.3 is 44.0 Å². The maximum atomic E-state index is 13.2. The number of nitrogens with one attached hydrogen (secondary N) is 3. The van der Waals surface area contributed by atoms with E-state index in [1.165, 1.54) is 11.8 Å². The SMILES string of the molecule is CSCCC(NC(=O)C(CCCN=C(N)N)NC(=O)C(N)CC(C)C)C(=O)NC(CCCCN)C(=O)O. The van der Waals surface area contributed by atoms with Crippen LogP contribution in [0.3, 0.4) is 0 Å². The lowest BCUT2D eigenvalue weighted by Crippen LogP contribution is -2.57. The summed E-state index contributed by atoms with van der Waals surface area (Å²) in [6.07, 6.45) is 4.55. The van der Waals surface area contributed by atoms with Gasteiger partial charge in [0.2, 0.25) is 17.7 Å². The highest BCUT2D eigenvalue weighted by molar-refractivity contribution is 7.98. The van der Waals surface area contributed by atoms with Gasteiger partial charge in [0.1, 0.15) is 18.1 Å². The van der Waals surface area contributed by atoms with Gasteiger partial charge in [0, 0.05) is 6.54 Å². The Morgan fingerprint density at radius 1 is 0.865 bits per heavy atom. The number of carboxylic acid groups (broad SMARTS) is 1. The number of aliphatic carboxylic acids is 1. The van der Waals surface area contributed by atoms with Gasteiger partial charge in [-0.15, -0.1) is 0 Å². The van der Waals surface area contributed by atoms with Crippen LogP contribution in [0, 0.1) is 5.92 Å². The molecular weight excluding hydrogens is 500 g/mol. The second-order valence-electron chi connectivity index (χ2n) is 9.27. The van der Waals surface area contributed by atoms with Crippen molar-refractivity contribution in [1.29, 1.82) is 0 Å². The summed E-state index contributed by atoms with van der Waals surface area (Å²) in [5, 5.41) is 17.4. The molecule has 214 valence electrons. The van der Waals surface area contributed by atoms with E-state index in [0.29, 0.717) is 38.0 Å². The summed E-state index contributed by atoms with van der Waals surface area (Å²) in [5.41, 5.74) is 22.1. The molecule has 4 unspecified atom stereocenters. The number of thioether (sulfide) groups is 1. The molecule has 0 aliphatic rings. The van der Waals surface area contributed by atoms with Gasteiger partial charge in [-0.1, -0.05) is 13.8 Å². The fourth-order valence-electron chi connectivity index (χ4n) is 3.47. The first kappa shape index (κ1) is 34.4. The number of carbonyl (C=O) groups excluding carboxylic acids is 3. The van der Waals surface area contributed by atoms with Crippen LogP contribution in [0.25, 0.3) is 0 Å². The monoisotopic (exact) mass is 546 g/mol. The Balaban J connectivity index is 5.53. The summed E-state index contributed by atoms with van der Waals surface area (Å²) in [5.74, 6) is -2.19. The Labute approximate surface area is 223 Å². The second kappa shape index (κ2) is 19.5. The van der Waals surface area contributed by atoms with Gasteiger partial charge in [-0.05, 0) is 69.4 Å². The van der Waals surface area contributed by atoms with E-state index < -0.39 is 47.9 Å². The van der Waals surface area contributed by atoms with Crippen molar-refractivity contribution >= 4 is 41.4 Å². The third-order valence-corrected chi connectivity index (χ3v) is 6.09. The molecule has 0 bridgehead atoms. The predicted molar refractivity (Wildman–Crippen MR) is 147 cm³/mol. The Morgan fingerprint density at radius 2 is 1.41 bits per heavy atom. The molecule has 13 nitrogen and oxygen atoms in total. The Kier molecular flexibility index (Phi) is 18.2. The first-order chi connectivity index (χ1) is 17.4. The zero-order valence-corrected chi connectivity index (χ0v) is 23.0. The number of rotatable bonds is 20. The van der Waals surface area contributed by atoms with Crippen LogP contribution in [0.1, 0.15) is 58.8 Å². The molecule has 0 aromatic heterocycles. The average Bonchev–Trinajstić information content (AvgIpc) is 2.81. The zero-order chi connectivity index (χ0) is 28.4. The van der Waals surface area contributed by atoms with Gasteiger partial charge in [-0.3, -0.25) is 19.4 Å². The molecule has 0 aromatic carbocycles. The largest absolute Gasteiger partial charge is 0.480 e. The predicted octanol–water partition coefficient (Wildman–Crippen LogP) is -1.17. The summed E-state index contributed by atoms with van der Waals surface area (Å²) in [6, 6.07) is -3.87. The number of amides is 3. The quantitative estimate of drug-likeness (QED) is 0.0517. The van der Waals surface area contributed by atoms with E-state index in [2.05, 4.69) is 20.9 Å². The first-order valence-electron chi connectivity index (χ1n) is 12.6. The fraction of sp³-hybridized carbons (Fsp3) is 0.783. The Hall–Kier alpha value is -2.58. The number of hydrogen-bond acceptors (Lipinski definition) is 8. The normalized spacial score (nSPS) is 14.2. The molecule has 0 spiro atoms. The number of unbranched alkanes of at least 4 members (excludes halogenated alkanes) is 1. The van der Waals surface area contributed by atoms with Crippen molar-refractivity contribution in [2.75, 3.05) is 25.1 Å². The van der Waals surface area contributed by atoms with E-state index in [-0.39, 0.29) is 37.7 Å². The van der Waals surface area contributed by atoms with Crippen LogP contribution in [0.5, 0.6) is 0 Å². The molecule has 0 fully saturated rings. The smallest absolute Gasteiger partial charge is 0.326 e. The minimum absolute atomic E-state index is 0.0859. The van der Waals surface area contributed by atoms with Crippen molar-refractivity contribution in [3.05, 3.63) is 0 Å². The van der Waals surface area contributed by atoms with Crippen molar-refractivity contribution in [3.63, 3.8) is 0 Å². The summed E-state index contributed by atoms with van der Waals surface area (Å²) in [7, 11) is 0. The molecule has 0 radical (unpaired) electrons. The van der Waals surface area contributed by atoms with E-state index in [1.807, 2.05) is 20.1 Å². The van der Waals surface area contributed by atoms with Crippen LogP contribution in [0.15, 0.2) is 4.99 Å². The van der Waals surface area contributed by atoms with E-state index >= 15 is 0 Å². The molecule has 3 amide bonds. The molecular formula is C23H46N8O5S. The zero-order valence-electron chi connectivity index (χ0n) is 22.2. The third kappa shape index (κ3) is 16.0. The topological polar surface area (TPSA) is 241 Å². The molecule has 0 aromatic rings. The number of guanidine groups is 1. The minimum atomic E-state index is -1.16. The number of aliphatic imine (C=N–C) groups is 1. The van der Waals surface area contributed by atoms with Crippen LogP contribution in [-0.4, -0.2) is 84.0 Å². The summed E-state index contributed by atoms with van der Waals surface area (Å²) in [4.78, 5) is 54.3. The lowest BCUT2D eigenvalue weighted by molar-refractivity contribution is -0.142. The number of nitrogens with zero attached hydrogens (tertiary/aromatic N) is 1. The van der Waals surface area contributed by atoms with Crippen molar-refractivity contribution in [2.45, 2.75) is 83.0 Å². The lowest BCUT2D eigenvalue weighted by atomic mass is 10.0. The van der Waals surface area contributed by atoms with Crippen LogP contribution in [0.2, 0.25) is 0 Å². The van der Waals surface area contributed by atoms with Crippen LogP contribution >= 0.6 is 11.8 Å². The van der Waals surface area contributed by atoms with Gasteiger partial charge >= 0.3 is 5.97 Å². The highest BCUT2D eigenvalue weighted by Crippen LogP contribution is 2.08. The molecule has 0 heterocycles. The standard InChI is InChI=1S/C23H46N8O5S/c1-14(2)13-15(25)19(32)29-16(8-6-11-28-23(26)27)20(33)30-17(9-12-37-3)21(34)31-18(22(35)36)7-4-5-10-24/h14-18H,4-13,24-25H2,1-3H3,(H,29,32)(H,30,33)(H,31,34)(H,35,36)(H4,26,27,28). The number of hydrogen-bond donors (Lipinski definition) is 8. The molecule has 0 aliphatic carbocycles. The fourth-order valence-corrected chi connectivity index (χ4v) is 3.94. The van der Waals surface area contributed by atoms with E-state index in [0.717, 1.165) is 0 Å². The molecule has 4 atom stereocenters. The van der Waals surface area contributed by atoms with E-state index in [4.69, 9.17) is 22.9 Å². The van der Waals surface area contributed by atoms with E-state index in [1.54, 1.807) is 0 Å². The average molecular weight is 547 g/mol. The highest BCUT2D eigenvalue weighted by atomic mass is 32.2. The van der Waals surface area contributed by atoms with Gasteiger partial charge in [0.25, 0.3) is 0 Å². The summed E-state index contributed by atoms with van der Waals surface area (Å²) >= 11 is 1.48. The Bertz CT molecular complexity index is 749. The van der Waals surface area contributed by atoms with Crippen LogP contribution in [-0.2, 0) is 19.2 Å². The molecule has 0 aliphatic heterocycles. The van der Waals surface area contributed by atoms with Crippen LogP contribution < -0.4 is 38.9 Å². The van der Waals surface area contributed by atoms with Gasteiger partial charge in [0.15, 0.2) is 5.96 Å². The lowest BCUT2D eigenvalue weighted by Gasteiger charge is -2.25. The number of nitrogens with two attached hydrogens (primary N) is 4. The Morgan fingerprint density at radius 3 is 1.92 bits per heavy atom. The summed E-state index contributed by atoms with van der Waals surface area (Å²) in [6.45, 7) is 4.53. The maximum absolute atomic E-state index is 13.2. The molecule has 0 saturated heterocycles. The molecule has 0 saturated carbocycles. The van der Waals surface area contributed by atoms with Gasteiger partial charge in [-0.2, -0.15) is 11.8 Å². The van der Waals surface area contributed by atoms with E-state index in [9.17, 15) is 24.3 Å².